The monoisotopic (exact) mass is 580 g/mol. The second-order valence-electron chi connectivity index (χ2n) is 10.6. The van der Waals surface area contributed by atoms with Gasteiger partial charge in [-0.25, -0.2) is 26.9 Å². The number of carbonyl (C=O) groups is 2. The van der Waals surface area contributed by atoms with Gasteiger partial charge in [0.2, 0.25) is 5.91 Å². The minimum Gasteiger partial charge on any atom is -0.361 e. The fourth-order valence-electron chi connectivity index (χ4n) is 5.47. The van der Waals surface area contributed by atoms with Gasteiger partial charge in [-0.05, 0) is 19.4 Å². The average Bonchev–Trinajstić information content (AvgIpc) is 3.52. The molecule has 3 aromatic rings. The highest BCUT2D eigenvalue weighted by molar-refractivity contribution is 6.31. The van der Waals surface area contributed by atoms with Gasteiger partial charge in [-0.1, -0.05) is 17.7 Å². The summed E-state index contributed by atoms with van der Waals surface area (Å²) in [6.45, 7) is 1.37. The molecule has 2 aromatic heterocycles. The number of alkyl halides is 1. The molecule has 2 amide bonds. The van der Waals surface area contributed by atoms with Crippen LogP contribution in [0.15, 0.2) is 24.5 Å². The van der Waals surface area contributed by atoms with Crippen molar-refractivity contribution in [2.24, 2.45) is 13.0 Å². The zero-order chi connectivity index (χ0) is 28.7. The van der Waals surface area contributed by atoms with Crippen LogP contribution in [0.3, 0.4) is 0 Å². The lowest BCUT2D eigenvalue weighted by Crippen LogP contribution is -2.58. The minimum atomic E-state index is -1.69. The van der Waals surface area contributed by atoms with E-state index in [4.69, 9.17) is 11.6 Å². The number of likely N-dealkylation sites (tertiary alicyclic amines) is 1. The number of anilines is 2. The number of rotatable bonds is 5. The molecular weight excluding hydrogens is 559 g/mol. The highest BCUT2D eigenvalue weighted by Crippen LogP contribution is 2.45. The molecule has 6 rings (SSSR count). The summed E-state index contributed by atoms with van der Waals surface area (Å²) in [5.74, 6) is -6.34. The first-order valence-corrected chi connectivity index (χ1v) is 12.8. The molecule has 40 heavy (non-hydrogen) atoms. The number of amides is 2. The molecule has 3 atom stereocenters. The number of aryl methyl sites for hydroxylation is 1. The van der Waals surface area contributed by atoms with Crippen LogP contribution >= 0.6 is 11.6 Å². The Hall–Kier alpha value is -3.74. The van der Waals surface area contributed by atoms with Crippen molar-refractivity contribution in [3.63, 3.8) is 0 Å². The molecule has 3 aliphatic rings. The molecule has 1 aliphatic carbocycles. The molecule has 1 saturated heterocycles. The van der Waals surface area contributed by atoms with E-state index in [1.807, 2.05) is 0 Å². The van der Waals surface area contributed by atoms with Crippen molar-refractivity contribution < 1.29 is 31.5 Å². The summed E-state index contributed by atoms with van der Waals surface area (Å²) in [6.07, 6.45) is 1.20. The van der Waals surface area contributed by atoms with Crippen LogP contribution in [0.4, 0.5) is 33.6 Å². The van der Waals surface area contributed by atoms with Crippen LogP contribution in [-0.2, 0) is 17.3 Å². The quantitative estimate of drug-likeness (QED) is 0.365. The Kier molecular flexibility index (Phi) is 6.06. The SMILES string of the molecule is Cn1cc(F)c(N2CC(C)(c3ccc(F)c(Cl)c3F)c3c(cnc(NC4CN(C(=O)[C@@H]5C[C@@H]5F)C4)c3F)C2=O)n1. The fraction of sp³-hybridized carbons (Fsp3) is 0.385. The minimum absolute atomic E-state index is 0.199. The van der Waals surface area contributed by atoms with Crippen LogP contribution in [0.1, 0.15) is 34.8 Å². The number of nitrogens with one attached hydrogen (secondary N) is 1. The lowest BCUT2D eigenvalue weighted by atomic mass is 9.71. The maximum atomic E-state index is 16.2. The first-order valence-electron chi connectivity index (χ1n) is 12.4. The van der Waals surface area contributed by atoms with E-state index in [0.29, 0.717) is 0 Å². The zero-order valence-electron chi connectivity index (χ0n) is 21.2. The Morgan fingerprint density at radius 2 is 1.85 bits per heavy atom. The van der Waals surface area contributed by atoms with Crippen LogP contribution in [-0.4, -0.2) is 63.3 Å². The molecule has 1 N–H and O–H groups in total. The number of hydrogen-bond acceptors (Lipinski definition) is 5. The predicted molar refractivity (Wildman–Crippen MR) is 134 cm³/mol. The zero-order valence-corrected chi connectivity index (χ0v) is 21.9. The van der Waals surface area contributed by atoms with Crippen molar-refractivity contribution in [2.75, 3.05) is 29.9 Å². The Morgan fingerprint density at radius 1 is 1.15 bits per heavy atom. The predicted octanol–water partition coefficient (Wildman–Crippen LogP) is 3.97. The highest BCUT2D eigenvalue weighted by atomic mass is 35.5. The van der Waals surface area contributed by atoms with E-state index < -0.39 is 64.3 Å². The molecule has 8 nitrogen and oxygen atoms in total. The summed E-state index contributed by atoms with van der Waals surface area (Å²) in [5, 5.41) is 6.07. The molecule has 0 radical (unpaired) electrons. The number of nitrogens with zero attached hydrogens (tertiary/aromatic N) is 5. The van der Waals surface area contributed by atoms with Gasteiger partial charge in [-0.3, -0.25) is 19.2 Å². The van der Waals surface area contributed by atoms with E-state index in [1.165, 1.54) is 18.9 Å². The molecule has 2 fully saturated rings. The molecule has 210 valence electrons. The Bertz CT molecular complexity index is 1580. The summed E-state index contributed by atoms with van der Waals surface area (Å²) in [7, 11) is 1.45. The average molecular weight is 581 g/mol. The lowest BCUT2D eigenvalue weighted by molar-refractivity contribution is -0.136. The van der Waals surface area contributed by atoms with E-state index in [0.717, 1.165) is 34.1 Å². The van der Waals surface area contributed by atoms with Crippen molar-refractivity contribution in [1.29, 1.82) is 0 Å². The van der Waals surface area contributed by atoms with Gasteiger partial charge in [0.25, 0.3) is 5.91 Å². The topological polar surface area (TPSA) is 83.4 Å². The number of hydrogen-bond donors (Lipinski definition) is 1. The van der Waals surface area contributed by atoms with Gasteiger partial charge in [-0.15, -0.1) is 0 Å². The normalized spacial score (nSPS) is 24.1. The molecule has 0 bridgehead atoms. The van der Waals surface area contributed by atoms with Gasteiger partial charge in [0.05, 0.1) is 23.7 Å². The van der Waals surface area contributed by atoms with Gasteiger partial charge in [0, 0.05) is 49.4 Å². The summed E-state index contributed by atoms with van der Waals surface area (Å²) in [6, 6.07) is 1.62. The van der Waals surface area contributed by atoms with Gasteiger partial charge in [0.15, 0.2) is 23.3 Å². The number of halogens is 6. The van der Waals surface area contributed by atoms with Crippen molar-refractivity contribution in [2.45, 2.75) is 31.0 Å². The third kappa shape index (κ3) is 4.01. The number of benzene rings is 1. The van der Waals surface area contributed by atoms with E-state index in [9.17, 15) is 22.8 Å². The Labute approximate surface area is 229 Å². The van der Waals surface area contributed by atoms with Crippen LogP contribution < -0.4 is 10.2 Å². The first kappa shape index (κ1) is 26.5. The molecule has 2 aliphatic heterocycles. The first-order chi connectivity index (χ1) is 18.9. The molecule has 1 saturated carbocycles. The largest absolute Gasteiger partial charge is 0.361 e. The molecule has 1 aromatic carbocycles. The maximum absolute atomic E-state index is 16.2. The van der Waals surface area contributed by atoms with Gasteiger partial charge >= 0.3 is 0 Å². The van der Waals surface area contributed by atoms with Crippen LogP contribution in [0.2, 0.25) is 5.02 Å². The maximum Gasteiger partial charge on any atom is 0.261 e. The van der Waals surface area contributed by atoms with Gasteiger partial charge < -0.3 is 10.2 Å². The van der Waals surface area contributed by atoms with Gasteiger partial charge in [-0.2, -0.15) is 5.10 Å². The van der Waals surface area contributed by atoms with Crippen LogP contribution in [0, 0.1) is 29.2 Å². The van der Waals surface area contributed by atoms with Crippen LogP contribution in [0.25, 0.3) is 0 Å². The lowest BCUT2D eigenvalue weighted by Gasteiger charge is -2.42. The van der Waals surface area contributed by atoms with Crippen molar-refractivity contribution in [1.82, 2.24) is 19.7 Å². The summed E-state index contributed by atoms with van der Waals surface area (Å²) >= 11 is 5.86. The molecular formula is C26H22ClF5N6O2. The Morgan fingerprint density at radius 3 is 2.48 bits per heavy atom. The summed E-state index contributed by atoms with van der Waals surface area (Å²) < 4.78 is 74.9. The van der Waals surface area contributed by atoms with Gasteiger partial charge in [0.1, 0.15) is 22.8 Å². The summed E-state index contributed by atoms with van der Waals surface area (Å²) in [4.78, 5) is 32.2. The third-order valence-electron chi connectivity index (χ3n) is 7.74. The second kappa shape index (κ2) is 9.15. The molecule has 14 heteroatoms. The standard InChI is InChI=1S/C26H22ClF5N6O2/c1-26(14-3-4-15(28)19(27)20(14)31)10-38(23-17(30)9-36(2)35-23)25(40)13-6-33-22(21(32)18(13)26)34-11-7-37(8-11)24(39)12-5-16(12)29/h3-4,6,9,11-12,16H,5,7-8,10H2,1-2H3,(H,33,34)/t12-,16+,26?/m1/s1. The Balaban J connectivity index is 1.40. The molecule has 1 unspecified atom stereocenters. The van der Waals surface area contributed by atoms with E-state index in [-0.39, 0.29) is 53.7 Å². The number of pyridine rings is 1. The smallest absolute Gasteiger partial charge is 0.261 e. The van der Waals surface area contributed by atoms with Crippen molar-refractivity contribution >= 4 is 35.1 Å². The van der Waals surface area contributed by atoms with E-state index in [2.05, 4.69) is 15.4 Å². The number of carbonyl (C=O) groups excluding carboxylic acids is 2. The number of aromatic nitrogens is 3. The van der Waals surface area contributed by atoms with Crippen molar-refractivity contribution in [3.8, 4) is 0 Å². The molecule has 4 heterocycles. The number of fused-ring (bicyclic) bond motifs is 1. The third-order valence-corrected chi connectivity index (χ3v) is 8.08. The fourth-order valence-corrected chi connectivity index (χ4v) is 5.64. The van der Waals surface area contributed by atoms with Crippen molar-refractivity contribution in [3.05, 3.63) is 69.5 Å². The van der Waals surface area contributed by atoms with Crippen LogP contribution in [0.5, 0.6) is 0 Å². The second-order valence-corrected chi connectivity index (χ2v) is 11.0. The van der Waals surface area contributed by atoms with E-state index >= 15 is 8.78 Å². The highest BCUT2D eigenvalue weighted by Gasteiger charge is 2.49. The van der Waals surface area contributed by atoms with E-state index in [1.54, 1.807) is 0 Å². The summed E-state index contributed by atoms with van der Waals surface area (Å²) in [5.41, 5.74) is -2.43. The molecule has 0 spiro atoms.